The van der Waals surface area contributed by atoms with Crippen LogP contribution >= 0.6 is 11.6 Å². The quantitative estimate of drug-likeness (QED) is 0.569. The maximum Gasteiger partial charge on any atom is 0.416 e. The van der Waals surface area contributed by atoms with E-state index >= 15 is 0 Å². The molecule has 0 aliphatic rings. The average Bonchev–Trinajstić information content (AvgIpc) is 2.61. The number of nitrogens with zero attached hydrogens (tertiary/aromatic N) is 1. The van der Waals surface area contributed by atoms with Crippen LogP contribution in [-0.4, -0.2) is 27.5 Å². The Kier molecular flexibility index (Phi) is 6.20. The molecule has 140 valence electrons. The number of hydrazone groups is 1. The fraction of sp³-hybridized carbons (Fsp3) is 0.235. The van der Waals surface area contributed by atoms with Gasteiger partial charge in [-0.25, -0.2) is 0 Å². The van der Waals surface area contributed by atoms with Crippen molar-refractivity contribution in [1.82, 2.24) is 0 Å². The molecule has 0 unspecified atom stereocenters. The third-order valence-corrected chi connectivity index (χ3v) is 3.76. The van der Waals surface area contributed by atoms with Gasteiger partial charge in [-0.15, -0.1) is 0 Å². The van der Waals surface area contributed by atoms with Gasteiger partial charge in [0.2, 0.25) is 0 Å². The zero-order valence-corrected chi connectivity index (χ0v) is 14.9. The molecule has 5 nitrogen and oxygen atoms in total. The first-order valence-electron chi connectivity index (χ1n) is 7.26. The van der Waals surface area contributed by atoms with Crippen LogP contribution in [0.3, 0.4) is 0 Å². The lowest BCUT2D eigenvalue weighted by Gasteiger charge is -2.12. The molecule has 0 spiro atoms. The Morgan fingerprint density at radius 3 is 2.12 bits per heavy atom. The Balaban J connectivity index is 2.32. The minimum atomic E-state index is -4.48. The normalized spacial score (nSPS) is 11.5. The van der Waals surface area contributed by atoms with Gasteiger partial charge in [-0.3, -0.25) is 5.43 Å². The fourth-order valence-corrected chi connectivity index (χ4v) is 2.27. The number of hydrogen-bond donors (Lipinski definition) is 1. The standard InChI is InChI=1S/C17H16ClF3N2O3/c1-24-11-7-15(25-2)12(16(8-11)26-3)9-22-23-14-6-10(17(19,20)21)4-5-13(14)18/h4-9,23H,1-3H3. The summed E-state index contributed by atoms with van der Waals surface area (Å²) in [7, 11) is 4.42. The maximum absolute atomic E-state index is 12.8. The topological polar surface area (TPSA) is 52.1 Å². The zero-order chi connectivity index (χ0) is 19.3. The van der Waals surface area contributed by atoms with Gasteiger partial charge in [0.25, 0.3) is 0 Å². The van der Waals surface area contributed by atoms with Gasteiger partial charge in [0.15, 0.2) is 0 Å². The van der Waals surface area contributed by atoms with Crippen molar-refractivity contribution in [1.29, 1.82) is 0 Å². The van der Waals surface area contributed by atoms with Crippen LogP contribution in [0.4, 0.5) is 18.9 Å². The van der Waals surface area contributed by atoms with Gasteiger partial charge in [-0.1, -0.05) is 11.6 Å². The summed E-state index contributed by atoms with van der Waals surface area (Å²) in [5.74, 6) is 1.36. The second-order valence-corrected chi connectivity index (χ2v) is 5.42. The Hall–Kier alpha value is -2.61. The molecule has 2 rings (SSSR count). The van der Waals surface area contributed by atoms with E-state index in [0.29, 0.717) is 22.8 Å². The third-order valence-electron chi connectivity index (χ3n) is 3.43. The molecule has 0 aromatic heterocycles. The van der Waals surface area contributed by atoms with Gasteiger partial charge in [0, 0.05) is 12.1 Å². The fourth-order valence-electron chi connectivity index (χ4n) is 2.11. The van der Waals surface area contributed by atoms with E-state index in [9.17, 15) is 13.2 Å². The summed E-state index contributed by atoms with van der Waals surface area (Å²) in [4.78, 5) is 0. The van der Waals surface area contributed by atoms with Gasteiger partial charge in [-0.2, -0.15) is 18.3 Å². The Morgan fingerprint density at radius 1 is 1.00 bits per heavy atom. The number of anilines is 1. The summed E-state index contributed by atoms with van der Waals surface area (Å²) in [5.41, 5.74) is 2.16. The molecule has 0 radical (unpaired) electrons. The largest absolute Gasteiger partial charge is 0.496 e. The van der Waals surface area contributed by atoms with Crippen LogP contribution in [0.5, 0.6) is 17.2 Å². The number of benzene rings is 2. The molecule has 26 heavy (non-hydrogen) atoms. The van der Waals surface area contributed by atoms with Crippen molar-refractivity contribution in [3.8, 4) is 17.2 Å². The summed E-state index contributed by atoms with van der Waals surface area (Å²) in [6, 6.07) is 6.17. The molecule has 0 heterocycles. The SMILES string of the molecule is COc1cc(OC)c(C=NNc2cc(C(F)(F)F)ccc2Cl)c(OC)c1. The maximum atomic E-state index is 12.8. The van der Waals surface area contributed by atoms with Crippen molar-refractivity contribution in [3.63, 3.8) is 0 Å². The van der Waals surface area contributed by atoms with E-state index in [4.69, 9.17) is 25.8 Å². The molecule has 0 aliphatic heterocycles. The molecule has 0 fully saturated rings. The monoisotopic (exact) mass is 388 g/mol. The van der Waals surface area contributed by atoms with E-state index in [-0.39, 0.29) is 10.7 Å². The number of hydrogen-bond acceptors (Lipinski definition) is 5. The number of halogens is 4. The first-order valence-corrected chi connectivity index (χ1v) is 7.63. The lowest BCUT2D eigenvalue weighted by Crippen LogP contribution is -2.05. The lowest BCUT2D eigenvalue weighted by molar-refractivity contribution is -0.137. The van der Waals surface area contributed by atoms with E-state index in [2.05, 4.69) is 10.5 Å². The molecular formula is C17H16ClF3N2O3. The van der Waals surface area contributed by atoms with Crippen molar-refractivity contribution in [3.05, 3.63) is 46.5 Å². The minimum Gasteiger partial charge on any atom is -0.496 e. The predicted molar refractivity (Wildman–Crippen MR) is 93.8 cm³/mol. The molecule has 0 amide bonds. The summed E-state index contributed by atoms with van der Waals surface area (Å²) in [6.45, 7) is 0. The predicted octanol–water partition coefficient (Wildman–Crippen LogP) is 4.83. The molecule has 0 saturated heterocycles. The summed E-state index contributed by atoms with van der Waals surface area (Å²) in [5, 5.41) is 4.04. The number of ether oxygens (including phenoxy) is 3. The van der Waals surface area contributed by atoms with E-state index in [1.54, 1.807) is 12.1 Å². The molecule has 0 atom stereocenters. The van der Waals surface area contributed by atoms with Crippen LogP contribution in [0.2, 0.25) is 5.02 Å². The van der Waals surface area contributed by atoms with E-state index in [1.807, 2.05) is 0 Å². The molecule has 2 aromatic carbocycles. The van der Waals surface area contributed by atoms with Crippen molar-refractivity contribution >= 4 is 23.5 Å². The first-order chi connectivity index (χ1) is 12.3. The number of rotatable bonds is 6. The van der Waals surface area contributed by atoms with E-state index in [0.717, 1.165) is 18.2 Å². The summed E-state index contributed by atoms with van der Waals surface area (Å²) < 4.78 is 54.1. The molecule has 2 aromatic rings. The third kappa shape index (κ3) is 4.51. The average molecular weight is 389 g/mol. The molecule has 0 aliphatic carbocycles. The van der Waals surface area contributed by atoms with Crippen LogP contribution in [0, 0.1) is 0 Å². The Bertz CT molecular complexity index is 785. The first kappa shape index (κ1) is 19.7. The van der Waals surface area contributed by atoms with Crippen LogP contribution in [0.25, 0.3) is 0 Å². The van der Waals surface area contributed by atoms with Gasteiger partial charge in [0.1, 0.15) is 17.2 Å². The molecular weight excluding hydrogens is 373 g/mol. The minimum absolute atomic E-state index is 0.0178. The molecule has 0 saturated carbocycles. The van der Waals surface area contributed by atoms with Crippen LogP contribution < -0.4 is 19.6 Å². The van der Waals surface area contributed by atoms with Gasteiger partial charge < -0.3 is 14.2 Å². The highest BCUT2D eigenvalue weighted by Gasteiger charge is 2.30. The van der Waals surface area contributed by atoms with Crippen LogP contribution in [0.1, 0.15) is 11.1 Å². The van der Waals surface area contributed by atoms with Gasteiger partial charge in [0.05, 0.1) is 49.4 Å². The van der Waals surface area contributed by atoms with Crippen molar-refractivity contribution in [2.24, 2.45) is 5.10 Å². The molecule has 9 heteroatoms. The summed E-state index contributed by atoms with van der Waals surface area (Å²) in [6.07, 6.45) is -3.12. The van der Waals surface area contributed by atoms with E-state index in [1.165, 1.54) is 27.5 Å². The van der Waals surface area contributed by atoms with E-state index < -0.39 is 11.7 Å². The number of nitrogens with one attached hydrogen (secondary N) is 1. The molecule has 1 N–H and O–H groups in total. The van der Waals surface area contributed by atoms with Gasteiger partial charge in [-0.05, 0) is 18.2 Å². The highest BCUT2D eigenvalue weighted by molar-refractivity contribution is 6.33. The highest BCUT2D eigenvalue weighted by atomic mass is 35.5. The van der Waals surface area contributed by atoms with Crippen molar-refractivity contribution in [2.75, 3.05) is 26.8 Å². The second-order valence-electron chi connectivity index (χ2n) is 5.01. The van der Waals surface area contributed by atoms with Crippen LogP contribution in [-0.2, 0) is 6.18 Å². The number of alkyl halides is 3. The zero-order valence-electron chi connectivity index (χ0n) is 14.1. The number of methoxy groups -OCH3 is 3. The van der Waals surface area contributed by atoms with Crippen LogP contribution in [0.15, 0.2) is 35.4 Å². The smallest absolute Gasteiger partial charge is 0.416 e. The highest BCUT2D eigenvalue weighted by Crippen LogP contribution is 2.35. The van der Waals surface area contributed by atoms with Crippen molar-refractivity contribution < 1.29 is 27.4 Å². The Morgan fingerprint density at radius 2 is 1.62 bits per heavy atom. The van der Waals surface area contributed by atoms with Crippen molar-refractivity contribution in [2.45, 2.75) is 6.18 Å². The lowest BCUT2D eigenvalue weighted by atomic mass is 10.2. The van der Waals surface area contributed by atoms with Gasteiger partial charge >= 0.3 is 6.18 Å². The Labute approximate surface area is 153 Å². The second kappa shape index (κ2) is 8.18. The molecule has 0 bridgehead atoms. The summed E-state index contributed by atoms with van der Waals surface area (Å²) >= 11 is 5.92.